The van der Waals surface area contributed by atoms with Crippen LogP contribution < -0.4 is 10.8 Å². The van der Waals surface area contributed by atoms with E-state index in [0.717, 1.165) is 29.6 Å². The molecule has 2 aromatic rings. The number of hydrogen-bond donors (Lipinski definition) is 2. The van der Waals surface area contributed by atoms with Crippen molar-refractivity contribution < 1.29 is 24.5 Å². The highest BCUT2D eigenvalue weighted by Gasteiger charge is 2.47. The van der Waals surface area contributed by atoms with E-state index in [1.54, 1.807) is 11.8 Å². The average molecular weight is 536 g/mol. The third-order valence-corrected chi connectivity index (χ3v) is 11.7. The Morgan fingerprint density at radius 3 is 2.74 bits per heavy atom. The molecule has 202 valence electrons. The summed E-state index contributed by atoms with van der Waals surface area (Å²) < 4.78 is 7.30. The predicted molar refractivity (Wildman–Crippen MR) is 148 cm³/mol. The molecule has 9 heteroatoms. The highest BCUT2D eigenvalue weighted by molar-refractivity contribution is 6.77. The van der Waals surface area contributed by atoms with Crippen molar-refractivity contribution in [3.8, 4) is 0 Å². The second kappa shape index (κ2) is 9.54. The van der Waals surface area contributed by atoms with Gasteiger partial charge in [-0.3, -0.25) is 4.79 Å². The normalized spacial score (nSPS) is 20.2. The zero-order valence-electron chi connectivity index (χ0n) is 22.9. The van der Waals surface area contributed by atoms with Gasteiger partial charge in [-0.25, -0.2) is 9.78 Å². The van der Waals surface area contributed by atoms with Crippen molar-refractivity contribution in [1.82, 2.24) is 14.5 Å². The number of nitrogens with zero attached hydrogens (tertiary/aromatic N) is 3. The third kappa shape index (κ3) is 4.41. The molecule has 1 atom stereocenters. The number of aryl methyl sites for hydroxylation is 1. The Morgan fingerprint density at radius 2 is 2.03 bits per heavy atom. The van der Waals surface area contributed by atoms with E-state index in [0.29, 0.717) is 41.6 Å². The van der Waals surface area contributed by atoms with Crippen molar-refractivity contribution in [2.45, 2.75) is 69.9 Å². The average Bonchev–Trinajstić information content (AvgIpc) is 3.24. The molecule has 0 radical (unpaired) electrons. The van der Waals surface area contributed by atoms with Gasteiger partial charge >= 0.3 is 5.97 Å². The summed E-state index contributed by atoms with van der Waals surface area (Å²) in [5.41, 5.74) is 4.31. The Hall–Kier alpha value is -3.17. The standard InChI is InChI=1S/C29H37N3O5Si/c1-6-29(36)22-15-23-26(27(34)21(22)17-37-28(29)35)32-16-20-18(8-7-9-19(20)14-24(32)30-23)10-12-38(4,5)13-11-25(33)31(2)3/h7-9,14,34,36H,6,10-13,15-17H2,1-5H3. The third-order valence-electron chi connectivity index (χ3n) is 8.48. The Bertz CT molecular complexity index is 1490. The lowest BCUT2D eigenvalue weighted by molar-refractivity contribution is -0.163. The number of aliphatic hydroxyl groups excluding tert-OH is 1. The predicted octanol–water partition coefficient (Wildman–Crippen LogP) is 2.02. The molecule has 0 saturated heterocycles. The summed E-state index contributed by atoms with van der Waals surface area (Å²) in [6.45, 7) is 6.98. The van der Waals surface area contributed by atoms with Crippen LogP contribution in [0.15, 0.2) is 29.3 Å². The van der Waals surface area contributed by atoms with Crippen LogP contribution in [-0.2, 0) is 33.7 Å². The second-order valence-electron chi connectivity index (χ2n) is 11.7. The Balaban J connectivity index is 1.45. The maximum atomic E-state index is 12.4. The SMILES string of the molecule is CCC1(O)C(=O)OCC2=C1Cc1nc3n(c1=C2O)Cc1c(cccc1CC[Si](C)(C)CCC(=O)N(C)C)C=3. The molecule has 0 bridgehead atoms. The molecule has 38 heavy (non-hydrogen) atoms. The van der Waals surface area contributed by atoms with Gasteiger partial charge in [-0.15, -0.1) is 0 Å². The van der Waals surface area contributed by atoms with Gasteiger partial charge in [-0.05, 0) is 47.2 Å². The van der Waals surface area contributed by atoms with Crippen LogP contribution in [0.25, 0.3) is 11.8 Å². The van der Waals surface area contributed by atoms with Crippen LogP contribution in [0.1, 0.15) is 42.1 Å². The summed E-state index contributed by atoms with van der Waals surface area (Å²) in [5, 5.41) is 23.1. The summed E-state index contributed by atoms with van der Waals surface area (Å²) in [5.74, 6) is -0.443. The van der Waals surface area contributed by atoms with Gasteiger partial charge in [-0.1, -0.05) is 44.3 Å². The van der Waals surface area contributed by atoms with Gasteiger partial charge in [0.25, 0.3) is 0 Å². The number of amides is 1. The molecule has 1 amide bonds. The smallest absolute Gasteiger partial charge is 0.342 e. The minimum atomic E-state index is -1.74. The van der Waals surface area contributed by atoms with Crippen molar-refractivity contribution in [2.24, 2.45) is 0 Å². The Labute approximate surface area is 224 Å². The lowest BCUT2D eigenvalue weighted by atomic mass is 9.80. The fourth-order valence-corrected chi connectivity index (χ4v) is 7.90. The number of carbonyl (C=O) groups excluding carboxylic acids is 2. The molecule has 2 N–H and O–H groups in total. The van der Waals surface area contributed by atoms with Crippen molar-refractivity contribution >= 4 is 31.8 Å². The first-order valence-corrected chi connectivity index (χ1v) is 16.8. The molecule has 3 heterocycles. The van der Waals surface area contributed by atoms with E-state index in [9.17, 15) is 19.8 Å². The summed E-state index contributed by atoms with van der Waals surface area (Å²) in [6, 6.07) is 8.43. The number of ether oxygens (including phenoxy) is 1. The number of rotatable bonds is 7. The zero-order valence-corrected chi connectivity index (χ0v) is 23.9. The summed E-state index contributed by atoms with van der Waals surface area (Å²) in [7, 11) is 2.05. The van der Waals surface area contributed by atoms with Crippen molar-refractivity contribution in [2.75, 3.05) is 20.7 Å². The molecule has 8 nitrogen and oxygen atoms in total. The summed E-state index contributed by atoms with van der Waals surface area (Å²) in [4.78, 5) is 31.0. The molecule has 1 unspecified atom stereocenters. The second-order valence-corrected chi connectivity index (χ2v) is 17.0. The molecular formula is C29H37N3O5Si. The van der Waals surface area contributed by atoms with E-state index < -0.39 is 19.6 Å². The monoisotopic (exact) mass is 535 g/mol. The summed E-state index contributed by atoms with van der Waals surface area (Å²) >= 11 is 0. The van der Waals surface area contributed by atoms with E-state index in [1.807, 2.05) is 18.7 Å². The molecule has 0 spiro atoms. The van der Waals surface area contributed by atoms with Gasteiger partial charge in [0.05, 0.1) is 12.2 Å². The van der Waals surface area contributed by atoms with Gasteiger partial charge in [0.15, 0.2) is 5.60 Å². The topological polar surface area (TPSA) is 105 Å². The van der Waals surface area contributed by atoms with Gasteiger partial charge in [0.2, 0.25) is 5.91 Å². The highest BCUT2D eigenvalue weighted by Crippen LogP contribution is 2.36. The molecule has 1 aromatic carbocycles. The minimum absolute atomic E-state index is 0.0350. The molecule has 5 rings (SSSR count). The number of aromatic nitrogens is 2. The van der Waals surface area contributed by atoms with E-state index in [4.69, 9.17) is 9.72 Å². The number of carbonyl (C=O) groups is 2. The minimum Gasteiger partial charge on any atom is -0.505 e. The number of cyclic esters (lactones) is 1. The van der Waals surface area contributed by atoms with Crippen molar-refractivity contribution in [3.63, 3.8) is 0 Å². The van der Waals surface area contributed by atoms with Crippen molar-refractivity contribution in [3.05, 3.63) is 62.6 Å². The Morgan fingerprint density at radius 1 is 1.26 bits per heavy atom. The maximum Gasteiger partial charge on any atom is 0.342 e. The van der Waals surface area contributed by atoms with E-state index >= 15 is 0 Å². The molecule has 3 aliphatic rings. The maximum absolute atomic E-state index is 12.4. The zero-order chi connectivity index (χ0) is 27.4. The van der Waals surface area contributed by atoms with Gasteiger partial charge in [-0.2, -0.15) is 0 Å². The number of fused-ring (bicyclic) bond motifs is 4. The Kier molecular flexibility index (Phi) is 6.63. The van der Waals surface area contributed by atoms with Crippen molar-refractivity contribution in [1.29, 1.82) is 0 Å². The fourth-order valence-electron chi connectivity index (χ4n) is 5.81. The molecule has 0 saturated carbocycles. The van der Waals surface area contributed by atoms with Gasteiger partial charge in [0, 0.05) is 40.6 Å². The van der Waals surface area contributed by atoms with Gasteiger partial charge in [0.1, 0.15) is 23.2 Å². The quantitative estimate of drug-likeness (QED) is 0.354. The van der Waals surface area contributed by atoms with Crippen LogP contribution in [0.3, 0.4) is 0 Å². The van der Waals surface area contributed by atoms with Crippen LogP contribution in [0, 0.1) is 0 Å². The van der Waals surface area contributed by atoms with Crippen LogP contribution in [-0.4, -0.2) is 70.9 Å². The molecule has 0 fully saturated rings. The van der Waals surface area contributed by atoms with E-state index in [1.165, 1.54) is 11.1 Å². The van der Waals surface area contributed by atoms with Crippen LogP contribution in [0.2, 0.25) is 25.2 Å². The fraction of sp³-hybridized carbons (Fsp3) is 0.483. The van der Waals surface area contributed by atoms with E-state index in [2.05, 4.69) is 37.4 Å². The summed E-state index contributed by atoms with van der Waals surface area (Å²) in [6.07, 6.45) is 4.08. The number of aliphatic hydroxyl groups is 2. The lowest BCUT2D eigenvalue weighted by Crippen LogP contribution is -2.49. The first-order chi connectivity index (χ1) is 17.9. The molecular weight excluding hydrogens is 498 g/mol. The van der Waals surface area contributed by atoms with Crippen LogP contribution in [0.5, 0.6) is 0 Å². The number of benzene rings is 1. The first-order valence-electron chi connectivity index (χ1n) is 13.4. The van der Waals surface area contributed by atoms with Crippen LogP contribution >= 0.6 is 0 Å². The number of hydrogen-bond acceptors (Lipinski definition) is 6. The lowest BCUT2D eigenvalue weighted by Gasteiger charge is -2.35. The molecule has 1 aromatic heterocycles. The molecule has 2 aliphatic heterocycles. The largest absolute Gasteiger partial charge is 0.505 e. The molecule has 1 aliphatic carbocycles. The van der Waals surface area contributed by atoms with Gasteiger partial charge < -0.3 is 24.4 Å². The number of imidazole rings is 1. The number of esters is 1. The first kappa shape index (κ1) is 26.4. The highest BCUT2D eigenvalue weighted by atomic mass is 28.3. The van der Waals surface area contributed by atoms with Crippen LogP contribution in [0.4, 0.5) is 0 Å². The van der Waals surface area contributed by atoms with E-state index in [-0.39, 0.29) is 24.7 Å².